The van der Waals surface area contributed by atoms with E-state index in [1.54, 1.807) is 30.2 Å². The highest BCUT2D eigenvalue weighted by atomic mass is 32.2. The first kappa shape index (κ1) is 29.5. The van der Waals surface area contributed by atoms with E-state index in [0.29, 0.717) is 61.3 Å². The molecule has 4 bridgehead atoms. The fourth-order valence-electron chi connectivity index (χ4n) is 4.49. The van der Waals surface area contributed by atoms with Gasteiger partial charge in [-0.2, -0.15) is 11.8 Å². The summed E-state index contributed by atoms with van der Waals surface area (Å²) in [6.45, 7) is 2.35. The number of benzene rings is 2. The van der Waals surface area contributed by atoms with Crippen molar-refractivity contribution in [3.8, 4) is 17.2 Å². The first-order chi connectivity index (χ1) is 19.4. The summed E-state index contributed by atoms with van der Waals surface area (Å²) in [6, 6.07) is 11.8. The summed E-state index contributed by atoms with van der Waals surface area (Å²) in [4.78, 5) is 39.9. The predicted octanol–water partition coefficient (Wildman–Crippen LogP) is 2.40. The molecule has 2 aliphatic heterocycles. The van der Waals surface area contributed by atoms with E-state index in [1.807, 2.05) is 30.5 Å². The third-order valence-corrected chi connectivity index (χ3v) is 7.02. The van der Waals surface area contributed by atoms with Gasteiger partial charge in [-0.25, -0.2) is 4.79 Å². The van der Waals surface area contributed by atoms with Gasteiger partial charge < -0.3 is 39.8 Å². The zero-order chi connectivity index (χ0) is 28.3. The second-order valence-electron chi connectivity index (χ2n) is 9.46. The van der Waals surface area contributed by atoms with Gasteiger partial charge >= 0.3 is 6.03 Å². The van der Waals surface area contributed by atoms with Crippen molar-refractivity contribution in [3.05, 3.63) is 53.6 Å². The molecule has 3 N–H and O–H groups in total. The summed E-state index contributed by atoms with van der Waals surface area (Å²) in [5.41, 5.74) is 1.22. The van der Waals surface area contributed by atoms with Gasteiger partial charge in [-0.05, 0) is 42.5 Å². The number of nitrogens with one attached hydrogen (secondary N) is 3. The number of methoxy groups -OCH3 is 1. The van der Waals surface area contributed by atoms with E-state index in [1.165, 1.54) is 11.8 Å². The molecule has 2 aliphatic rings. The SMILES string of the molecule is COCCOc1cc2cc(c1)C(=O)NCCNC(=O)N[C@H]1CCN(C(=O)CSC)C[C@@H]1OCc1cccc(c1)O2. The predicted molar refractivity (Wildman–Crippen MR) is 151 cm³/mol. The number of hydrogen-bond donors (Lipinski definition) is 3. The highest BCUT2D eigenvalue weighted by Gasteiger charge is 2.33. The number of rotatable bonds is 6. The summed E-state index contributed by atoms with van der Waals surface area (Å²) in [5.74, 6) is 1.60. The van der Waals surface area contributed by atoms with Gasteiger partial charge in [0.05, 0.1) is 31.1 Å². The fraction of sp³-hybridized carbons (Fsp3) is 0.464. The lowest BCUT2D eigenvalue weighted by Crippen LogP contribution is -2.58. The number of piperidine rings is 1. The first-order valence-corrected chi connectivity index (χ1v) is 14.6. The van der Waals surface area contributed by atoms with Crippen LogP contribution in [0.5, 0.6) is 17.2 Å². The molecule has 1 saturated heterocycles. The van der Waals surface area contributed by atoms with Crippen LogP contribution in [0.1, 0.15) is 22.3 Å². The summed E-state index contributed by atoms with van der Waals surface area (Å²) >= 11 is 1.48. The second-order valence-corrected chi connectivity index (χ2v) is 10.3. The second kappa shape index (κ2) is 14.8. The molecule has 12 heteroatoms. The van der Waals surface area contributed by atoms with Crippen LogP contribution in [0.15, 0.2) is 42.5 Å². The minimum absolute atomic E-state index is 0.0531. The molecule has 2 aromatic carbocycles. The molecular formula is C28H36N4O7S. The highest BCUT2D eigenvalue weighted by molar-refractivity contribution is 7.99. The Morgan fingerprint density at radius 3 is 2.77 bits per heavy atom. The summed E-state index contributed by atoms with van der Waals surface area (Å²) in [6.07, 6.45) is 2.07. The molecule has 2 heterocycles. The molecule has 0 radical (unpaired) electrons. The molecule has 0 saturated carbocycles. The van der Waals surface area contributed by atoms with Crippen LogP contribution in [0.25, 0.3) is 0 Å². The van der Waals surface area contributed by atoms with Crippen molar-refractivity contribution in [3.63, 3.8) is 0 Å². The van der Waals surface area contributed by atoms with Gasteiger partial charge in [0.2, 0.25) is 5.91 Å². The molecule has 216 valence electrons. The topological polar surface area (TPSA) is 127 Å². The van der Waals surface area contributed by atoms with E-state index in [4.69, 9.17) is 18.9 Å². The van der Waals surface area contributed by atoms with Crippen LogP contribution in [0, 0.1) is 0 Å². The average Bonchev–Trinajstić information content (AvgIpc) is 2.94. The number of fused-ring (bicyclic) bond motifs is 5. The van der Waals surface area contributed by atoms with E-state index in [2.05, 4.69) is 16.0 Å². The van der Waals surface area contributed by atoms with Crippen LogP contribution in [0.4, 0.5) is 4.79 Å². The number of carbonyl (C=O) groups is 3. The Hall–Kier alpha value is -3.48. The largest absolute Gasteiger partial charge is 0.491 e. The zero-order valence-electron chi connectivity index (χ0n) is 22.8. The van der Waals surface area contributed by atoms with Crippen LogP contribution < -0.4 is 25.4 Å². The monoisotopic (exact) mass is 572 g/mol. The number of thioether (sulfide) groups is 1. The van der Waals surface area contributed by atoms with Gasteiger partial charge in [-0.3, -0.25) is 9.59 Å². The van der Waals surface area contributed by atoms with Gasteiger partial charge in [-0.1, -0.05) is 12.1 Å². The molecule has 0 spiro atoms. The fourth-order valence-corrected chi connectivity index (χ4v) is 4.92. The lowest BCUT2D eigenvalue weighted by molar-refractivity contribution is -0.133. The van der Waals surface area contributed by atoms with Gasteiger partial charge in [0.25, 0.3) is 5.91 Å². The third kappa shape index (κ3) is 8.51. The van der Waals surface area contributed by atoms with Crippen LogP contribution in [0.3, 0.4) is 0 Å². The Bertz CT molecular complexity index is 1180. The Morgan fingerprint density at radius 1 is 1.10 bits per heavy atom. The number of likely N-dealkylation sites (tertiary alicyclic amines) is 1. The number of hydrogen-bond acceptors (Lipinski definition) is 8. The quantitative estimate of drug-likeness (QED) is 0.451. The van der Waals surface area contributed by atoms with E-state index in [0.717, 1.165) is 5.56 Å². The third-order valence-electron chi connectivity index (χ3n) is 6.49. The maximum atomic E-state index is 12.9. The minimum Gasteiger partial charge on any atom is -0.491 e. The number of nitrogens with zero attached hydrogens (tertiary/aromatic N) is 1. The molecule has 0 unspecified atom stereocenters. The molecule has 0 aromatic heterocycles. The maximum Gasteiger partial charge on any atom is 0.315 e. The molecule has 1 fully saturated rings. The lowest BCUT2D eigenvalue weighted by Gasteiger charge is -2.38. The Kier molecular flexibility index (Phi) is 10.9. The van der Waals surface area contributed by atoms with E-state index in [-0.39, 0.29) is 43.6 Å². The van der Waals surface area contributed by atoms with E-state index >= 15 is 0 Å². The van der Waals surface area contributed by atoms with Crippen molar-refractivity contribution in [1.29, 1.82) is 0 Å². The zero-order valence-corrected chi connectivity index (χ0v) is 23.6. The van der Waals surface area contributed by atoms with Crippen LogP contribution in [-0.2, 0) is 20.9 Å². The lowest BCUT2D eigenvalue weighted by atomic mass is 10.0. The molecule has 4 amide bonds. The first-order valence-electron chi connectivity index (χ1n) is 13.2. The molecule has 4 rings (SSSR count). The molecule has 11 nitrogen and oxygen atoms in total. The van der Waals surface area contributed by atoms with Gasteiger partial charge in [0, 0.05) is 44.9 Å². The molecular weight excluding hydrogens is 536 g/mol. The number of urea groups is 1. The van der Waals surface area contributed by atoms with Crippen LogP contribution >= 0.6 is 11.8 Å². The molecule has 2 aromatic rings. The van der Waals surface area contributed by atoms with Gasteiger partial charge in [-0.15, -0.1) is 0 Å². The van der Waals surface area contributed by atoms with Crippen LogP contribution in [-0.4, -0.2) is 93.4 Å². The van der Waals surface area contributed by atoms with Crippen molar-refractivity contribution in [1.82, 2.24) is 20.9 Å². The minimum atomic E-state index is -0.392. The smallest absolute Gasteiger partial charge is 0.315 e. The maximum absolute atomic E-state index is 12.9. The summed E-state index contributed by atoms with van der Waals surface area (Å²) in [7, 11) is 1.58. The molecule has 2 atom stereocenters. The van der Waals surface area contributed by atoms with Crippen molar-refractivity contribution in [2.75, 3.05) is 58.5 Å². The normalized spacial score (nSPS) is 20.0. The van der Waals surface area contributed by atoms with Gasteiger partial charge in [0.1, 0.15) is 23.9 Å². The number of amides is 4. The Labute approximate surface area is 238 Å². The van der Waals surface area contributed by atoms with Crippen molar-refractivity contribution in [2.24, 2.45) is 0 Å². The average molecular weight is 573 g/mol. The Balaban J connectivity index is 1.57. The summed E-state index contributed by atoms with van der Waals surface area (Å²) < 4.78 is 23.2. The van der Waals surface area contributed by atoms with E-state index in [9.17, 15) is 14.4 Å². The van der Waals surface area contributed by atoms with E-state index < -0.39 is 6.10 Å². The van der Waals surface area contributed by atoms with Crippen molar-refractivity contribution < 1.29 is 33.3 Å². The van der Waals surface area contributed by atoms with Crippen molar-refractivity contribution >= 4 is 29.6 Å². The van der Waals surface area contributed by atoms with Gasteiger partial charge in [0.15, 0.2) is 0 Å². The molecule has 0 aliphatic carbocycles. The summed E-state index contributed by atoms with van der Waals surface area (Å²) in [5, 5.41) is 8.59. The number of ether oxygens (including phenoxy) is 4. The van der Waals surface area contributed by atoms with Crippen molar-refractivity contribution in [2.45, 2.75) is 25.2 Å². The standard InChI is InChI=1S/C28H36N4O7S/c1-36-10-11-37-22-13-20-14-23(15-22)39-21-5-3-4-19(12-21)17-38-25-16-32(26(33)18-40-2)9-6-24(25)31-28(35)30-8-7-29-27(20)34/h3-5,12-15,24-25H,6-11,16-18H2,1-2H3,(H,29,34)(H2,30,31,35)/t24-,25-/m0/s1. The Morgan fingerprint density at radius 2 is 1.95 bits per heavy atom. The highest BCUT2D eigenvalue weighted by Crippen LogP contribution is 2.29. The van der Waals surface area contributed by atoms with Crippen LogP contribution in [0.2, 0.25) is 0 Å². The molecule has 40 heavy (non-hydrogen) atoms. The number of carbonyl (C=O) groups excluding carboxylic acids is 3.